The zero-order valence-electron chi connectivity index (χ0n) is 12.3. The van der Waals surface area contributed by atoms with E-state index in [0.29, 0.717) is 0 Å². The predicted molar refractivity (Wildman–Crippen MR) is 80.2 cm³/mol. The molecule has 0 aliphatic carbocycles. The van der Waals surface area contributed by atoms with Crippen LogP contribution in [0.3, 0.4) is 0 Å². The van der Waals surface area contributed by atoms with Crippen LogP contribution >= 0.6 is 0 Å². The Morgan fingerprint density at radius 2 is 1.76 bits per heavy atom. The van der Waals surface area contributed by atoms with Crippen molar-refractivity contribution < 1.29 is 19.7 Å². The summed E-state index contributed by atoms with van der Waals surface area (Å²) >= 11 is 0. The number of methoxy groups -OCH3 is 1. The van der Waals surface area contributed by atoms with Gasteiger partial charge in [0.25, 0.3) is 0 Å². The second-order valence-electron chi connectivity index (χ2n) is 5.39. The number of phenols is 1. The van der Waals surface area contributed by atoms with Crippen LogP contribution in [0.15, 0.2) is 42.5 Å². The molecule has 2 aromatic rings. The van der Waals surface area contributed by atoms with Gasteiger partial charge in [0, 0.05) is 5.41 Å². The minimum absolute atomic E-state index is 0.0940. The summed E-state index contributed by atoms with van der Waals surface area (Å²) in [6.45, 7) is 4.00. The number of carboxylic acids is 1. The standard InChI is InChI=1S/C17H18O4/c1-17(2,11-5-4-6-13(9-11)21-3)12-7-8-15(18)14(10-12)16(19)20/h4-10,18H,1-3H3,(H,19,20). The van der Waals surface area contributed by atoms with Crippen molar-refractivity contribution in [2.45, 2.75) is 19.3 Å². The first-order chi connectivity index (χ1) is 9.86. The Hall–Kier alpha value is -2.49. The van der Waals surface area contributed by atoms with Gasteiger partial charge in [-0.05, 0) is 35.4 Å². The summed E-state index contributed by atoms with van der Waals surface area (Å²) in [5.74, 6) is -0.624. The second kappa shape index (κ2) is 5.48. The third-order valence-corrected chi connectivity index (χ3v) is 3.74. The van der Waals surface area contributed by atoms with Crippen molar-refractivity contribution >= 4 is 5.97 Å². The van der Waals surface area contributed by atoms with E-state index in [-0.39, 0.29) is 11.3 Å². The summed E-state index contributed by atoms with van der Waals surface area (Å²) in [5, 5.41) is 18.8. The maximum atomic E-state index is 11.2. The van der Waals surface area contributed by atoms with Gasteiger partial charge < -0.3 is 14.9 Å². The highest BCUT2D eigenvalue weighted by atomic mass is 16.5. The first-order valence-electron chi connectivity index (χ1n) is 6.57. The number of carbonyl (C=O) groups is 1. The molecule has 0 spiro atoms. The summed E-state index contributed by atoms with van der Waals surface area (Å²) in [4.78, 5) is 11.2. The van der Waals surface area contributed by atoms with Gasteiger partial charge in [-0.15, -0.1) is 0 Å². The molecule has 0 fully saturated rings. The van der Waals surface area contributed by atoms with E-state index in [1.54, 1.807) is 13.2 Å². The molecule has 0 aromatic heterocycles. The van der Waals surface area contributed by atoms with Gasteiger partial charge in [-0.1, -0.05) is 32.0 Å². The number of hydrogen-bond donors (Lipinski definition) is 2. The molecule has 0 saturated carbocycles. The van der Waals surface area contributed by atoms with Crippen LogP contribution in [0.5, 0.6) is 11.5 Å². The van der Waals surface area contributed by atoms with E-state index in [0.717, 1.165) is 16.9 Å². The highest BCUT2D eigenvalue weighted by Gasteiger charge is 2.25. The van der Waals surface area contributed by atoms with Gasteiger partial charge in [0.15, 0.2) is 0 Å². The molecule has 2 aromatic carbocycles. The van der Waals surface area contributed by atoms with Crippen molar-refractivity contribution in [3.8, 4) is 11.5 Å². The summed E-state index contributed by atoms with van der Waals surface area (Å²) in [6.07, 6.45) is 0. The topological polar surface area (TPSA) is 66.8 Å². The molecular formula is C17H18O4. The monoisotopic (exact) mass is 286 g/mol. The van der Waals surface area contributed by atoms with Crippen LogP contribution in [0.2, 0.25) is 0 Å². The van der Waals surface area contributed by atoms with Crippen molar-refractivity contribution in [2.24, 2.45) is 0 Å². The fraction of sp³-hybridized carbons (Fsp3) is 0.235. The van der Waals surface area contributed by atoms with Crippen molar-refractivity contribution in [1.29, 1.82) is 0 Å². The Morgan fingerprint density at radius 1 is 1.10 bits per heavy atom. The zero-order chi connectivity index (χ0) is 15.6. The van der Waals surface area contributed by atoms with Gasteiger partial charge in [-0.25, -0.2) is 4.79 Å². The van der Waals surface area contributed by atoms with Crippen LogP contribution in [0, 0.1) is 0 Å². The second-order valence-corrected chi connectivity index (χ2v) is 5.39. The lowest BCUT2D eigenvalue weighted by Gasteiger charge is -2.27. The van der Waals surface area contributed by atoms with Crippen LogP contribution < -0.4 is 4.74 Å². The molecule has 21 heavy (non-hydrogen) atoms. The lowest BCUT2D eigenvalue weighted by atomic mass is 9.77. The molecular weight excluding hydrogens is 268 g/mol. The number of aromatic carboxylic acids is 1. The fourth-order valence-corrected chi connectivity index (χ4v) is 2.27. The van der Waals surface area contributed by atoms with E-state index in [1.807, 2.05) is 38.1 Å². The quantitative estimate of drug-likeness (QED) is 0.903. The van der Waals surface area contributed by atoms with Crippen molar-refractivity contribution in [3.05, 3.63) is 59.2 Å². The summed E-state index contributed by atoms with van der Waals surface area (Å²) < 4.78 is 5.23. The minimum Gasteiger partial charge on any atom is -0.507 e. The van der Waals surface area contributed by atoms with Crippen LogP contribution in [0.4, 0.5) is 0 Å². The molecule has 0 aliphatic rings. The van der Waals surface area contributed by atoms with E-state index < -0.39 is 11.4 Å². The third-order valence-electron chi connectivity index (χ3n) is 3.74. The highest BCUT2D eigenvalue weighted by Crippen LogP contribution is 2.35. The Bertz CT molecular complexity index is 674. The lowest BCUT2D eigenvalue weighted by Crippen LogP contribution is -2.19. The highest BCUT2D eigenvalue weighted by molar-refractivity contribution is 5.91. The van der Waals surface area contributed by atoms with Gasteiger partial charge in [-0.2, -0.15) is 0 Å². The predicted octanol–water partition coefficient (Wildman–Crippen LogP) is 3.42. The van der Waals surface area contributed by atoms with Crippen molar-refractivity contribution in [3.63, 3.8) is 0 Å². The van der Waals surface area contributed by atoms with E-state index >= 15 is 0 Å². The Kier molecular flexibility index (Phi) is 3.89. The number of benzene rings is 2. The average Bonchev–Trinajstić information content (AvgIpc) is 2.47. The van der Waals surface area contributed by atoms with Gasteiger partial charge in [0.2, 0.25) is 0 Å². The van der Waals surface area contributed by atoms with Crippen LogP contribution in [-0.2, 0) is 5.41 Å². The molecule has 0 atom stereocenters. The largest absolute Gasteiger partial charge is 0.507 e. The molecule has 0 aliphatic heterocycles. The molecule has 0 bridgehead atoms. The van der Waals surface area contributed by atoms with E-state index in [9.17, 15) is 9.90 Å². The number of ether oxygens (including phenoxy) is 1. The van der Waals surface area contributed by atoms with Crippen LogP contribution in [-0.4, -0.2) is 23.3 Å². The molecule has 4 nitrogen and oxygen atoms in total. The van der Waals surface area contributed by atoms with Crippen molar-refractivity contribution in [1.82, 2.24) is 0 Å². The van der Waals surface area contributed by atoms with Crippen LogP contribution in [0.25, 0.3) is 0 Å². The SMILES string of the molecule is COc1cccc(C(C)(C)c2ccc(O)c(C(=O)O)c2)c1. The summed E-state index contributed by atoms with van der Waals surface area (Å²) in [6, 6.07) is 12.3. The molecule has 0 radical (unpaired) electrons. The Balaban J connectivity index is 2.52. The number of hydrogen-bond acceptors (Lipinski definition) is 3. The third kappa shape index (κ3) is 2.84. The van der Waals surface area contributed by atoms with E-state index in [4.69, 9.17) is 9.84 Å². The first kappa shape index (κ1) is 14.9. The molecule has 0 heterocycles. The molecule has 4 heteroatoms. The van der Waals surface area contributed by atoms with Gasteiger partial charge in [0.1, 0.15) is 17.1 Å². The number of carboxylic acid groups (broad SMARTS) is 1. The van der Waals surface area contributed by atoms with E-state index in [1.165, 1.54) is 12.1 Å². The molecule has 0 amide bonds. The Morgan fingerprint density at radius 3 is 2.38 bits per heavy atom. The van der Waals surface area contributed by atoms with Crippen LogP contribution in [0.1, 0.15) is 35.3 Å². The molecule has 0 saturated heterocycles. The zero-order valence-corrected chi connectivity index (χ0v) is 12.3. The Labute approximate surface area is 123 Å². The maximum absolute atomic E-state index is 11.2. The van der Waals surface area contributed by atoms with Gasteiger partial charge in [-0.3, -0.25) is 0 Å². The van der Waals surface area contributed by atoms with Crippen molar-refractivity contribution in [2.75, 3.05) is 7.11 Å². The summed E-state index contributed by atoms with van der Waals surface area (Å²) in [5.41, 5.74) is 1.31. The average molecular weight is 286 g/mol. The normalized spacial score (nSPS) is 11.2. The number of rotatable bonds is 4. The molecule has 110 valence electrons. The number of aromatic hydroxyl groups is 1. The molecule has 2 N–H and O–H groups in total. The van der Waals surface area contributed by atoms with Gasteiger partial charge in [0.05, 0.1) is 7.11 Å². The molecule has 0 unspecified atom stereocenters. The molecule has 2 rings (SSSR count). The van der Waals surface area contributed by atoms with Gasteiger partial charge >= 0.3 is 5.97 Å². The summed E-state index contributed by atoms with van der Waals surface area (Å²) in [7, 11) is 1.61. The minimum atomic E-state index is -1.14. The maximum Gasteiger partial charge on any atom is 0.339 e. The fourth-order valence-electron chi connectivity index (χ4n) is 2.27. The van der Waals surface area contributed by atoms with E-state index in [2.05, 4.69) is 0 Å². The lowest BCUT2D eigenvalue weighted by molar-refractivity contribution is 0.0693. The first-order valence-corrected chi connectivity index (χ1v) is 6.57. The smallest absolute Gasteiger partial charge is 0.339 e.